The fraction of sp³-hybridized carbons (Fsp3) is 0.286. The first kappa shape index (κ1) is 14.5. The lowest BCUT2D eigenvalue weighted by Crippen LogP contribution is -2.32. The molecular weight excluding hydrogens is 272 g/mol. The maximum absolute atomic E-state index is 11.7. The predicted octanol–water partition coefficient (Wildman–Crippen LogP) is 0.829. The molecule has 7 nitrogen and oxygen atoms in total. The zero-order valence-electron chi connectivity index (χ0n) is 11.3. The Morgan fingerprint density at radius 2 is 2.05 bits per heavy atom. The van der Waals surface area contributed by atoms with Gasteiger partial charge >= 0.3 is 6.03 Å². The van der Waals surface area contributed by atoms with E-state index < -0.39 is 6.03 Å². The Morgan fingerprint density at radius 1 is 1.33 bits per heavy atom. The smallest absolute Gasteiger partial charge is 0.324 e. The average Bonchev–Trinajstić information content (AvgIpc) is 2.80. The minimum Gasteiger partial charge on any atom is -0.329 e. The molecule has 1 aliphatic rings. The SMILES string of the molecule is N#Cc1ccc(NC(=O)CCCN2C(=O)CNC2=O)cc1. The number of carbonyl (C=O) groups is 3. The van der Waals surface area contributed by atoms with Crippen molar-refractivity contribution in [1.82, 2.24) is 10.2 Å². The van der Waals surface area contributed by atoms with Crippen LogP contribution in [0.15, 0.2) is 24.3 Å². The van der Waals surface area contributed by atoms with Crippen LogP contribution in [0.1, 0.15) is 18.4 Å². The van der Waals surface area contributed by atoms with Gasteiger partial charge in [-0.05, 0) is 30.7 Å². The van der Waals surface area contributed by atoms with E-state index >= 15 is 0 Å². The highest BCUT2D eigenvalue weighted by Gasteiger charge is 2.27. The monoisotopic (exact) mass is 286 g/mol. The highest BCUT2D eigenvalue weighted by molar-refractivity contribution is 6.02. The van der Waals surface area contributed by atoms with E-state index in [1.807, 2.05) is 6.07 Å². The third-order valence-corrected chi connectivity index (χ3v) is 3.02. The molecule has 4 amide bonds. The quantitative estimate of drug-likeness (QED) is 0.782. The summed E-state index contributed by atoms with van der Waals surface area (Å²) >= 11 is 0. The Hall–Kier alpha value is -2.88. The van der Waals surface area contributed by atoms with Gasteiger partial charge in [-0.3, -0.25) is 14.5 Å². The predicted molar refractivity (Wildman–Crippen MR) is 74.1 cm³/mol. The molecule has 0 saturated carbocycles. The van der Waals surface area contributed by atoms with Crippen molar-refractivity contribution in [2.75, 3.05) is 18.4 Å². The highest BCUT2D eigenvalue weighted by Crippen LogP contribution is 2.10. The molecule has 1 aromatic rings. The summed E-state index contributed by atoms with van der Waals surface area (Å²) in [4.78, 5) is 35.4. The van der Waals surface area contributed by atoms with Crippen LogP contribution in [0, 0.1) is 11.3 Å². The Morgan fingerprint density at radius 3 is 2.62 bits per heavy atom. The van der Waals surface area contributed by atoms with Gasteiger partial charge in [0.25, 0.3) is 0 Å². The van der Waals surface area contributed by atoms with E-state index in [0.717, 1.165) is 4.90 Å². The molecule has 1 heterocycles. The number of hydrogen-bond acceptors (Lipinski definition) is 4. The molecule has 0 bridgehead atoms. The van der Waals surface area contributed by atoms with Crippen molar-refractivity contribution >= 4 is 23.5 Å². The van der Waals surface area contributed by atoms with Gasteiger partial charge in [0.2, 0.25) is 11.8 Å². The Kier molecular flexibility index (Phi) is 4.51. The largest absolute Gasteiger partial charge is 0.329 e. The third kappa shape index (κ3) is 3.79. The molecule has 2 N–H and O–H groups in total. The molecule has 0 spiro atoms. The number of nitriles is 1. The topological polar surface area (TPSA) is 102 Å². The summed E-state index contributed by atoms with van der Waals surface area (Å²) in [5.41, 5.74) is 1.13. The Bertz CT molecular complexity index is 588. The number of amides is 4. The van der Waals surface area contributed by atoms with Crippen molar-refractivity contribution in [2.24, 2.45) is 0 Å². The molecule has 1 aromatic carbocycles. The molecule has 0 unspecified atom stereocenters. The molecule has 1 fully saturated rings. The van der Waals surface area contributed by atoms with Crippen LogP contribution >= 0.6 is 0 Å². The first-order valence-electron chi connectivity index (χ1n) is 6.48. The van der Waals surface area contributed by atoms with E-state index in [-0.39, 0.29) is 31.3 Å². The molecule has 0 aromatic heterocycles. The Labute approximate surface area is 121 Å². The fourth-order valence-corrected chi connectivity index (χ4v) is 1.93. The van der Waals surface area contributed by atoms with Gasteiger partial charge in [0.05, 0.1) is 18.2 Å². The van der Waals surface area contributed by atoms with Gasteiger partial charge in [-0.1, -0.05) is 0 Å². The van der Waals surface area contributed by atoms with Gasteiger partial charge in [0, 0.05) is 18.7 Å². The summed E-state index contributed by atoms with van der Waals surface area (Å²) in [7, 11) is 0. The number of nitrogens with one attached hydrogen (secondary N) is 2. The zero-order chi connectivity index (χ0) is 15.2. The maximum Gasteiger partial charge on any atom is 0.324 e. The summed E-state index contributed by atoms with van der Waals surface area (Å²) in [6, 6.07) is 8.10. The van der Waals surface area contributed by atoms with E-state index in [1.165, 1.54) is 0 Å². The molecule has 2 rings (SSSR count). The molecular formula is C14H14N4O3. The van der Waals surface area contributed by atoms with Crippen molar-refractivity contribution < 1.29 is 14.4 Å². The van der Waals surface area contributed by atoms with Crippen LogP contribution in [0.4, 0.5) is 10.5 Å². The molecule has 1 saturated heterocycles. The Balaban J connectivity index is 1.76. The van der Waals surface area contributed by atoms with Crippen molar-refractivity contribution in [2.45, 2.75) is 12.8 Å². The summed E-state index contributed by atoms with van der Waals surface area (Å²) in [6.07, 6.45) is 0.609. The summed E-state index contributed by atoms with van der Waals surface area (Å²) < 4.78 is 0. The van der Waals surface area contributed by atoms with Crippen molar-refractivity contribution in [3.8, 4) is 6.07 Å². The maximum atomic E-state index is 11.7. The van der Waals surface area contributed by atoms with Crippen LogP contribution in [-0.2, 0) is 9.59 Å². The van der Waals surface area contributed by atoms with Crippen LogP contribution in [0.2, 0.25) is 0 Å². The highest BCUT2D eigenvalue weighted by atomic mass is 16.2. The van der Waals surface area contributed by atoms with Crippen LogP contribution in [0.5, 0.6) is 0 Å². The van der Waals surface area contributed by atoms with E-state index in [2.05, 4.69) is 10.6 Å². The van der Waals surface area contributed by atoms with E-state index in [0.29, 0.717) is 17.7 Å². The van der Waals surface area contributed by atoms with Gasteiger partial charge in [-0.2, -0.15) is 5.26 Å². The first-order chi connectivity index (χ1) is 10.1. The van der Waals surface area contributed by atoms with Crippen LogP contribution in [-0.4, -0.2) is 35.8 Å². The summed E-state index contributed by atoms with van der Waals surface area (Å²) in [5, 5.41) is 13.8. The number of anilines is 1. The first-order valence-corrected chi connectivity index (χ1v) is 6.48. The lowest BCUT2D eigenvalue weighted by atomic mass is 10.2. The van der Waals surface area contributed by atoms with Crippen molar-refractivity contribution in [1.29, 1.82) is 5.26 Å². The van der Waals surface area contributed by atoms with Crippen LogP contribution < -0.4 is 10.6 Å². The van der Waals surface area contributed by atoms with Gasteiger partial charge in [0.1, 0.15) is 0 Å². The third-order valence-electron chi connectivity index (χ3n) is 3.02. The lowest BCUT2D eigenvalue weighted by molar-refractivity contribution is -0.125. The summed E-state index contributed by atoms with van der Waals surface area (Å²) in [6.45, 7) is 0.252. The lowest BCUT2D eigenvalue weighted by Gasteiger charge is -2.11. The second-order valence-electron chi connectivity index (χ2n) is 4.54. The van der Waals surface area contributed by atoms with E-state index in [9.17, 15) is 14.4 Å². The second-order valence-corrected chi connectivity index (χ2v) is 4.54. The number of benzene rings is 1. The molecule has 21 heavy (non-hydrogen) atoms. The van der Waals surface area contributed by atoms with Crippen molar-refractivity contribution in [3.05, 3.63) is 29.8 Å². The number of imide groups is 1. The minimum atomic E-state index is -0.410. The molecule has 1 aliphatic heterocycles. The number of nitrogens with zero attached hydrogens (tertiary/aromatic N) is 2. The summed E-state index contributed by atoms with van der Waals surface area (Å²) in [5.74, 6) is -0.473. The van der Waals surface area contributed by atoms with Gasteiger partial charge in [0.15, 0.2) is 0 Å². The fourth-order valence-electron chi connectivity index (χ4n) is 1.93. The second kappa shape index (κ2) is 6.52. The van der Waals surface area contributed by atoms with Gasteiger partial charge in [-0.25, -0.2) is 4.79 Å². The van der Waals surface area contributed by atoms with Crippen LogP contribution in [0.25, 0.3) is 0 Å². The normalized spacial score (nSPS) is 13.8. The van der Waals surface area contributed by atoms with E-state index in [4.69, 9.17) is 5.26 Å². The van der Waals surface area contributed by atoms with Crippen LogP contribution in [0.3, 0.4) is 0 Å². The molecule has 0 atom stereocenters. The average molecular weight is 286 g/mol. The minimum absolute atomic E-state index is 0.0241. The standard InChI is InChI=1S/C14H14N4O3/c15-8-10-3-5-11(6-4-10)17-12(19)2-1-7-18-13(20)9-16-14(18)21/h3-6H,1-2,7,9H2,(H,16,21)(H,17,19). The van der Waals surface area contributed by atoms with E-state index in [1.54, 1.807) is 24.3 Å². The number of carbonyl (C=O) groups excluding carboxylic acids is 3. The number of urea groups is 1. The number of rotatable bonds is 5. The molecule has 0 aliphatic carbocycles. The molecule has 0 radical (unpaired) electrons. The molecule has 108 valence electrons. The zero-order valence-corrected chi connectivity index (χ0v) is 11.3. The van der Waals surface area contributed by atoms with Crippen molar-refractivity contribution in [3.63, 3.8) is 0 Å². The van der Waals surface area contributed by atoms with Gasteiger partial charge in [-0.15, -0.1) is 0 Å². The molecule has 7 heteroatoms. The number of hydrogen-bond donors (Lipinski definition) is 2. The van der Waals surface area contributed by atoms with Gasteiger partial charge < -0.3 is 10.6 Å².